The minimum absolute atomic E-state index is 0.0350. The number of aliphatic hydroxyl groups excluding tert-OH is 1. The number of hydrogen-bond acceptors (Lipinski definition) is 6. The topological polar surface area (TPSA) is 149 Å². The number of carbonyl (C=O) groups is 2. The Balaban J connectivity index is 1.02. The predicted molar refractivity (Wildman–Crippen MR) is 203 cm³/mol. The number of hydrogen-bond donors (Lipinski definition) is 3. The molecule has 1 heterocycles. The van der Waals surface area contributed by atoms with Crippen molar-refractivity contribution in [2.45, 2.75) is 115 Å². The summed E-state index contributed by atoms with van der Waals surface area (Å²) in [5.74, 6) is 1.70. The Morgan fingerprint density at radius 2 is 1.79 bits per heavy atom. The largest absolute Gasteiger partial charge is 0.481 e. The normalized spacial score (nSPS) is 30.6. The third kappa shape index (κ3) is 6.84. The summed E-state index contributed by atoms with van der Waals surface area (Å²) in [5.41, 5.74) is 3.38. The molecule has 9 nitrogen and oxygen atoms in total. The van der Waals surface area contributed by atoms with Crippen molar-refractivity contribution in [3.8, 4) is 6.07 Å². The van der Waals surface area contributed by atoms with Gasteiger partial charge in [-0.3, -0.25) is 9.59 Å². The van der Waals surface area contributed by atoms with Gasteiger partial charge >= 0.3 is 5.97 Å². The highest BCUT2D eigenvalue weighted by Gasteiger charge is 2.59. The maximum Gasteiger partial charge on any atom is 0.305 e. The van der Waals surface area contributed by atoms with Crippen LogP contribution in [0, 0.1) is 51.8 Å². The molecule has 4 aliphatic rings. The standard InChI is InChI=1S/C43H53N3O6S/c1-27(36-15-16-37-35-14-11-30-23-32(47)18-20-42(30,2)38(35)19-21-43(36,37)3)8-17-40(48)45-31(24-41(49)50)22-29-26-46(39-7-5-4-6-34(29)39)53(51,52)33-12-9-28(25-44)10-13-33/h4-7,9-13,26-27,31-32,35-38,47H,8,14-24H2,1-3H3,(H,45,48)(H,49,50)/t27-,31+,32+,35+,36-,37+,38+,42+,43-/m1/s1. The van der Waals surface area contributed by atoms with Gasteiger partial charge in [0.1, 0.15) is 0 Å². The van der Waals surface area contributed by atoms with Gasteiger partial charge in [-0.1, -0.05) is 50.6 Å². The predicted octanol–water partition coefficient (Wildman–Crippen LogP) is 7.61. The molecule has 7 rings (SSSR count). The molecular weight excluding hydrogens is 687 g/mol. The van der Waals surface area contributed by atoms with Crippen molar-refractivity contribution >= 4 is 32.8 Å². The van der Waals surface area contributed by atoms with Gasteiger partial charge in [-0.2, -0.15) is 5.26 Å². The van der Waals surface area contributed by atoms with Crippen LogP contribution in [0.4, 0.5) is 0 Å². The first kappa shape index (κ1) is 37.4. The molecule has 3 fully saturated rings. The number of aromatic nitrogens is 1. The van der Waals surface area contributed by atoms with E-state index < -0.39 is 22.0 Å². The molecule has 1 amide bonds. The van der Waals surface area contributed by atoms with E-state index in [1.807, 2.05) is 12.1 Å². The summed E-state index contributed by atoms with van der Waals surface area (Å²) in [6.07, 6.45) is 13.5. The quantitative estimate of drug-likeness (QED) is 0.171. The second-order valence-electron chi connectivity index (χ2n) is 17.1. The molecule has 3 N–H and O–H groups in total. The Morgan fingerprint density at radius 1 is 1.04 bits per heavy atom. The molecule has 1 aromatic heterocycles. The minimum atomic E-state index is -4.02. The lowest BCUT2D eigenvalue weighted by Gasteiger charge is -2.58. The highest BCUT2D eigenvalue weighted by Crippen LogP contribution is 2.67. The number of carbonyl (C=O) groups excluding carboxylic acids is 1. The van der Waals surface area contributed by atoms with Crippen molar-refractivity contribution in [2.24, 2.45) is 40.4 Å². The number of allylic oxidation sites excluding steroid dienone is 1. The summed E-state index contributed by atoms with van der Waals surface area (Å²) >= 11 is 0. The van der Waals surface area contributed by atoms with Crippen LogP contribution in [0.5, 0.6) is 0 Å². The average molecular weight is 740 g/mol. The smallest absolute Gasteiger partial charge is 0.305 e. The number of carboxylic acid groups (broad SMARTS) is 1. The number of para-hydroxylation sites is 1. The number of aliphatic hydroxyl groups is 1. The fourth-order valence-corrected chi connectivity index (χ4v) is 12.9. The van der Waals surface area contributed by atoms with E-state index in [0.717, 1.165) is 32.1 Å². The van der Waals surface area contributed by atoms with E-state index >= 15 is 0 Å². The van der Waals surface area contributed by atoms with Crippen LogP contribution in [0.3, 0.4) is 0 Å². The van der Waals surface area contributed by atoms with Crippen molar-refractivity contribution in [3.63, 3.8) is 0 Å². The fraction of sp³-hybridized carbons (Fsp3) is 0.558. The molecule has 0 radical (unpaired) electrons. The Bertz CT molecular complexity index is 2060. The third-order valence-corrected chi connectivity index (χ3v) is 15.9. The summed E-state index contributed by atoms with van der Waals surface area (Å²) in [5, 5.41) is 33.0. The molecule has 3 aromatic rings. The van der Waals surface area contributed by atoms with Gasteiger partial charge in [-0.15, -0.1) is 0 Å². The molecule has 282 valence electrons. The van der Waals surface area contributed by atoms with Crippen LogP contribution in [0.25, 0.3) is 10.9 Å². The molecule has 10 heteroatoms. The Morgan fingerprint density at radius 3 is 2.53 bits per heavy atom. The molecule has 3 saturated carbocycles. The van der Waals surface area contributed by atoms with Crippen molar-refractivity contribution in [2.75, 3.05) is 0 Å². The molecule has 0 saturated heterocycles. The zero-order valence-electron chi connectivity index (χ0n) is 31.1. The highest BCUT2D eigenvalue weighted by molar-refractivity contribution is 7.90. The zero-order valence-corrected chi connectivity index (χ0v) is 31.9. The summed E-state index contributed by atoms with van der Waals surface area (Å²) in [4.78, 5) is 25.5. The maximum atomic E-state index is 13.7. The number of carboxylic acids is 1. The number of nitriles is 1. The van der Waals surface area contributed by atoms with E-state index in [-0.39, 0.29) is 40.6 Å². The molecule has 2 aromatic carbocycles. The fourth-order valence-electron chi connectivity index (χ4n) is 11.5. The molecule has 4 aliphatic carbocycles. The second kappa shape index (κ2) is 14.4. The molecule has 0 unspecified atom stereocenters. The van der Waals surface area contributed by atoms with E-state index in [1.165, 1.54) is 65.7 Å². The van der Waals surface area contributed by atoms with E-state index in [9.17, 15) is 28.2 Å². The van der Waals surface area contributed by atoms with Gasteiger partial charge in [0.15, 0.2) is 0 Å². The summed E-state index contributed by atoms with van der Waals surface area (Å²) in [7, 11) is -4.02. The SMILES string of the molecule is C[C@H](CCC(=O)N[C@H](CC(=O)O)Cc1cn(S(=O)(=O)c2ccc(C#N)cc2)c2ccccc12)[C@H]1CC[C@H]2[C@@H]3CC=C4C[C@@H](O)CC[C@]4(C)[C@H]3CC[C@]12C. The molecule has 0 aliphatic heterocycles. The first-order chi connectivity index (χ1) is 25.2. The molecule has 0 bridgehead atoms. The minimum Gasteiger partial charge on any atom is -0.481 e. The van der Waals surface area contributed by atoms with Crippen LogP contribution in [0.1, 0.15) is 103 Å². The monoisotopic (exact) mass is 739 g/mol. The number of nitrogens with one attached hydrogen (secondary N) is 1. The molecular formula is C43H53N3O6S. The number of benzene rings is 2. The van der Waals surface area contributed by atoms with Crippen molar-refractivity contribution in [1.29, 1.82) is 5.26 Å². The maximum absolute atomic E-state index is 13.7. The van der Waals surface area contributed by atoms with Gasteiger partial charge in [-0.05, 0) is 141 Å². The lowest BCUT2D eigenvalue weighted by atomic mass is 9.47. The third-order valence-electron chi connectivity index (χ3n) is 14.2. The van der Waals surface area contributed by atoms with Gasteiger partial charge in [0.25, 0.3) is 10.0 Å². The van der Waals surface area contributed by atoms with Crippen LogP contribution in [-0.2, 0) is 26.0 Å². The average Bonchev–Trinajstić information content (AvgIpc) is 3.69. The number of aliphatic carboxylic acids is 1. The second-order valence-corrected chi connectivity index (χ2v) is 18.9. The number of fused-ring (bicyclic) bond motifs is 6. The summed E-state index contributed by atoms with van der Waals surface area (Å²) < 4.78 is 28.7. The van der Waals surface area contributed by atoms with E-state index in [2.05, 4.69) is 32.2 Å². The van der Waals surface area contributed by atoms with Crippen molar-refractivity contribution in [3.05, 3.63) is 77.5 Å². The molecule has 0 spiro atoms. The van der Waals surface area contributed by atoms with Crippen molar-refractivity contribution in [1.82, 2.24) is 9.29 Å². The molecule has 53 heavy (non-hydrogen) atoms. The van der Waals surface area contributed by atoms with Crippen LogP contribution < -0.4 is 5.32 Å². The van der Waals surface area contributed by atoms with Crippen LogP contribution in [0.15, 0.2) is 71.3 Å². The van der Waals surface area contributed by atoms with E-state index in [4.69, 9.17) is 5.26 Å². The highest BCUT2D eigenvalue weighted by atomic mass is 32.2. The van der Waals surface area contributed by atoms with Gasteiger partial charge in [0, 0.05) is 24.0 Å². The van der Waals surface area contributed by atoms with Crippen LogP contribution in [0.2, 0.25) is 0 Å². The van der Waals surface area contributed by atoms with Crippen LogP contribution >= 0.6 is 0 Å². The van der Waals surface area contributed by atoms with E-state index in [1.54, 1.807) is 18.2 Å². The van der Waals surface area contributed by atoms with Gasteiger partial charge in [-0.25, -0.2) is 12.4 Å². The van der Waals surface area contributed by atoms with Crippen LogP contribution in [-0.4, -0.2) is 46.6 Å². The lowest BCUT2D eigenvalue weighted by molar-refractivity contribution is -0.137. The Labute approximate surface area is 313 Å². The number of nitrogens with zero attached hydrogens (tertiary/aromatic N) is 2. The zero-order chi connectivity index (χ0) is 37.7. The first-order valence-corrected chi connectivity index (χ1v) is 20.9. The molecule has 9 atom stereocenters. The lowest BCUT2D eigenvalue weighted by Crippen LogP contribution is -2.50. The Hall–Kier alpha value is -3.94. The Kier molecular flexibility index (Phi) is 10.1. The van der Waals surface area contributed by atoms with Gasteiger partial charge < -0.3 is 15.5 Å². The van der Waals surface area contributed by atoms with Gasteiger partial charge in [0.2, 0.25) is 5.91 Å². The summed E-state index contributed by atoms with van der Waals surface area (Å²) in [6.45, 7) is 7.26. The van der Waals surface area contributed by atoms with E-state index in [0.29, 0.717) is 58.0 Å². The first-order valence-electron chi connectivity index (χ1n) is 19.5. The summed E-state index contributed by atoms with van der Waals surface area (Å²) in [6, 6.07) is 14.1. The van der Waals surface area contributed by atoms with Gasteiger partial charge in [0.05, 0.1) is 34.6 Å². The number of rotatable bonds is 11. The number of amides is 1. The van der Waals surface area contributed by atoms with Crippen molar-refractivity contribution < 1.29 is 28.2 Å².